The molecular weight excluding hydrogens is 319 g/mol. The molecule has 0 saturated heterocycles. The molecule has 0 heterocycles. The van der Waals surface area contributed by atoms with Gasteiger partial charge in [-0.25, -0.2) is 0 Å². The van der Waals surface area contributed by atoms with Gasteiger partial charge in [-0.05, 0) is 12.8 Å². The van der Waals surface area contributed by atoms with Gasteiger partial charge in [-0.15, -0.1) is 0 Å². The Bertz CT molecular complexity index is 352. The highest BCUT2D eigenvalue weighted by atomic mass is 19.4. The first-order valence-corrected chi connectivity index (χ1v) is 5.76. The number of aliphatic hydroxyl groups is 1. The summed E-state index contributed by atoms with van der Waals surface area (Å²) in [5, 5.41) is 9.46. The lowest BCUT2D eigenvalue weighted by atomic mass is 9.75. The second-order valence-corrected chi connectivity index (χ2v) is 5.73. The lowest BCUT2D eigenvalue weighted by Gasteiger charge is -2.39. The molecule has 0 fully saturated rings. The third-order valence-corrected chi connectivity index (χ3v) is 3.23. The fraction of sp³-hybridized carbons (Fsp3) is 1.00. The Kier molecular flexibility index (Phi) is 5.33. The summed E-state index contributed by atoms with van der Waals surface area (Å²) in [6.45, 7) is 1.15. The monoisotopic (exact) mass is 334 g/mol. The summed E-state index contributed by atoms with van der Waals surface area (Å²) in [6, 6.07) is 0. The molecule has 0 aromatic heterocycles. The van der Waals surface area contributed by atoms with E-state index in [9.17, 15) is 44.6 Å². The second-order valence-electron chi connectivity index (χ2n) is 5.73. The van der Waals surface area contributed by atoms with E-state index in [1.165, 1.54) is 0 Å². The number of halogens is 9. The van der Waals surface area contributed by atoms with Crippen LogP contribution in [-0.2, 0) is 0 Å². The fourth-order valence-electron chi connectivity index (χ4n) is 1.74. The minimum Gasteiger partial charge on any atom is -0.380 e. The Balaban J connectivity index is 5.51. The Hall–Kier alpha value is -0.670. The standard InChI is InChI=1S/C11H15F9O/c1-6(9(12,13)14)4-8(21,11(18,19)20)5-7(2,3)10(15,16)17/h6,21H,4-5H2,1-3H3. The molecule has 0 aromatic carbocycles. The van der Waals surface area contributed by atoms with Crippen LogP contribution in [0.15, 0.2) is 0 Å². The van der Waals surface area contributed by atoms with Crippen LogP contribution in [0.25, 0.3) is 0 Å². The van der Waals surface area contributed by atoms with Crippen LogP contribution in [0.2, 0.25) is 0 Å². The van der Waals surface area contributed by atoms with Gasteiger partial charge in [0.25, 0.3) is 0 Å². The Labute approximate surface area is 115 Å². The molecule has 0 rings (SSSR count). The maximum atomic E-state index is 12.8. The summed E-state index contributed by atoms with van der Waals surface area (Å²) in [4.78, 5) is 0. The van der Waals surface area contributed by atoms with Crippen molar-refractivity contribution in [1.29, 1.82) is 0 Å². The molecule has 0 bridgehead atoms. The molecule has 1 nitrogen and oxygen atoms in total. The zero-order valence-electron chi connectivity index (χ0n) is 11.3. The second kappa shape index (κ2) is 5.51. The van der Waals surface area contributed by atoms with Gasteiger partial charge in [-0.1, -0.05) is 20.8 Å². The van der Waals surface area contributed by atoms with Crippen LogP contribution in [0, 0.1) is 11.3 Å². The first-order valence-electron chi connectivity index (χ1n) is 5.76. The normalized spacial score (nSPS) is 19.3. The molecule has 0 aromatic rings. The van der Waals surface area contributed by atoms with Crippen molar-refractivity contribution < 1.29 is 44.6 Å². The molecule has 2 unspecified atom stereocenters. The molecule has 0 saturated carbocycles. The van der Waals surface area contributed by atoms with Gasteiger partial charge in [-0.3, -0.25) is 0 Å². The van der Waals surface area contributed by atoms with E-state index in [2.05, 4.69) is 0 Å². The molecule has 0 aliphatic heterocycles. The van der Waals surface area contributed by atoms with E-state index in [-0.39, 0.29) is 0 Å². The van der Waals surface area contributed by atoms with Crippen LogP contribution in [-0.4, -0.2) is 29.2 Å². The zero-order valence-corrected chi connectivity index (χ0v) is 11.3. The molecule has 0 spiro atoms. The minimum absolute atomic E-state index is 0.372. The zero-order chi connectivity index (χ0) is 17.5. The fourth-order valence-corrected chi connectivity index (χ4v) is 1.74. The predicted molar refractivity (Wildman–Crippen MR) is 55.3 cm³/mol. The van der Waals surface area contributed by atoms with Gasteiger partial charge in [-0.2, -0.15) is 39.5 Å². The van der Waals surface area contributed by atoms with E-state index < -0.39 is 48.3 Å². The van der Waals surface area contributed by atoms with Crippen LogP contribution in [0.1, 0.15) is 33.6 Å². The summed E-state index contributed by atoms with van der Waals surface area (Å²) in [5.74, 6) is -2.60. The van der Waals surface area contributed by atoms with Gasteiger partial charge in [0.1, 0.15) is 0 Å². The number of hydrogen-bond donors (Lipinski definition) is 1. The van der Waals surface area contributed by atoms with E-state index in [1.807, 2.05) is 0 Å². The van der Waals surface area contributed by atoms with Gasteiger partial charge in [0.05, 0.1) is 11.3 Å². The highest BCUT2D eigenvalue weighted by Gasteiger charge is 2.62. The average Bonchev–Trinajstić information content (AvgIpc) is 2.10. The lowest BCUT2D eigenvalue weighted by Crippen LogP contribution is -2.53. The molecule has 0 aliphatic rings. The largest absolute Gasteiger partial charge is 0.417 e. The molecule has 1 N–H and O–H groups in total. The van der Waals surface area contributed by atoms with Crippen molar-refractivity contribution in [2.75, 3.05) is 0 Å². The van der Waals surface area contributed by atoms with Crippen molar-refractivity contribution in [1.82, 2.24) is 0 Å². The topological polar surface area (TPSA) is 20.2 Å². The Morgan fingerprint density at radius 2 is 1.19 bits per heavy atom. The maximum absolute atomic E-state index is 12.8. The summed E-state index contributed by atoms with van der Waals surface area (Å²) >= 11 is 0. The molecule has 2 atom stereocenters. The summed E-state index contributed by atoms with van der Waals surface area (Å²) < 4.78 is 113. The van der Waals surface area contributed by atoms with Crippen LogP contribution < -0.4 is 0 Å². The molecule has 21 heavy (non-hydrogen) atoms. The third kappa shape index (κ3) is 4.93. The van der Waals surface area contributed by atoms with Gasteiger partial charge in [0.15, 0.2) is 5.60 Å². The van der Waals surface area contributed by atoms with E-state index in [0.717, 1.165) is 0 Å². The highest BCUT2D eigenvalue weighted by molar-refractivity contribution is 4.96. The van der Waals surface area contributed by atoms with Gasteiger partial charge >= 0.3 is 18.5 Å². The van der Waals surface area contributed by atoms with Crippen LogP contribution in [0.5, 0.6) is 0 Å². The molecule has 0 amide bonds. The number of hydrogen-bond acceptors (Lipinski definition) is 1. The summed E-state index contributed by atoms with van der Waals surface area (Å²) in [7, 11) is 0. The first kappa shape index (κ1) is 20.3. The first-order chi connectivity index (χ1) is 8.83. The van der Waals surface area contributed by atoms with Gasteiger partial charge in [0, 0.05) is 0 Å². The molecule has 10 heteroatoms. The Morgan fingerprint density at radius 3 is 1.43 bits per heavy atom. The average molecular weight is 334 g/mol. The van der Waals surface area contributed by atoms with Crippen molar-refractivity contribution in [3.63, 3.8) is 0 Å². The van der Waals surface area contributed by atoms with E-state index in [0.29, 0.717) is 20.8 Å². The molecular formula is C11H15F9O. The maximum Gasteiger partial charge on any atom is 0.417 e. The van der Waals surface area contributed by atoms with Crippen LogP contribution >= 0.6 is 0 Å². The van der Waals surface area contributed by atoms with Gasteiger partial charge < -0.3 is 5.11 Å². The number of alkyl halides is 9. The SMILES string of the molecule is CC(CC(O)(CC(C)(C)C(F)(F)F)C(F)(F)F)C(F)(F)F. The smallest absolute Gasteiger partial charge is 0.380 e. The highest BCUT2D eigenvalue weighted by Crippen LogP contribution is 2.50. The molecule has 0 aliphatic carbocycles. The van der Waals surface area contributed by atoms with Crippen LogP contribution in [0.4, 0.5) is 39.5 Å². The van der Waals surface area contributed by atoms with Crippen molar-refractivity contribution >= 4 is 0 Å². The van der Waals surface area contributed by atoms with Crippen LogP contribution in [0.3, 0.4) is 0 Å². The van der Waals surface area contributed by atoms with E-state index in [1.54, 1.807) is 0 Å². The molecule has 0 radical (unpaired) electrons. The van der Waals surface area contributed by atoms with Crippen molar-refractivity contribution in [2.45, 2.75) is 57.7 Å². The van der Waals surface area contributed by atoms with Crippen molar-refractivity contribution in [2.24, 2.45) is 11.3 Å². The lowest BCUT2D eigenvalue weighted by molar-refractivity contribution is -0.305. The minimum atomic E-state index is -5.62. The predicted octanol–water partition coefficient (Wildman–Crippen LogP) is 4.85. The van der Waals surface area contributed by atoms with Gasteiger partial charge in [0.2, 0.25) is 0 Å². The van der Waals surface area contributed by atoms with Crippen molar-refractivity contribution in [3.05, 3.63) is 0 Å². The quantitative estimate of drug-likeness (QED) is 0.729. The third-order valence-electron chi connectivity index (χ3n) is 3.23. The molecule has 128 valence electrons. The van der Waals surface area contributed by atoms with Crippen molar-refractivity contribution in [3.8, 4) is 0 Å². The van der Waals surface area contributed by atoms with E-state index >= 15 is 0 Å². The summed E-state index contributed by atoms with van der Waals surface area (Å²) in [6.07, 6.45) is -19.6. The van der Waals surface area contributed by atoms with E-state index in [4.69, 9.17) is 0 Å². The number of rotatable bonds is 4. The summed E-state index contributed by atoms with van der Waals surface area (Å²) in [5.41, 5.74) is -7.08. The Morgan fingerprint density at radius 1 is 0.810 bits per heavy atom.